The summed E-state index contributed by atoms with van der Waals surface area (Å²) in [6.07, 6.45) is 2.91. The van der Waals surface area contributed by atoms with E-state index in [-0.39, 0.29) is 10.4 Å². The van der Waals surface area contributed by atoms with Crippen LogP contribution in [-0.2, 0) is 9.84 Å². The van der Waals surface area contributed by atoms with Gasteiger partial charge in [0, 0.05) is 18.3 Å². The molecule has 1 aliphatic heterocycles. The molecule has 0 bridgehead atoms. The van der Waals surface area contributed by atoms with Gasteiger partial charge in [0.05, 0.1) is 11.0 Å². The molecule has 0 amide bonds. The molecule has 1 aliphatic rings. The highest BCUT2D eigenvalue weighted by Gasteiger charge is 2.33. The van der Waals surface area contributed by atoms with Crippen molar-refractivity contribution >= 4 is 9.84 Å². The molecule has 5 heteroatoms. The minimum Gasteiger partial charge on any atom is -0.387 e. The summed E-state index contributed by atoms with van der Waals surface area (Å²) in [4.78, 5) is 2.58. The van der Waals surface area contributed by atoms with Crippen LogP contribution in [0.25, 0.3) is 0 Å². The van der Waals surface area contributed by atoms with Gasteiger partial charge in [-0.05, 0) is 50.9 Å². The zero-order valence-electron chi connectivity index (χ0n) is 12.3. The van der Waals surface area contributed by atoms with E-state index in [2.05, 4.69) is 18.7 Å². The SMILES string of the molecule is CC1(C)CCCN1CC(O)c1ccc(S(C)(=O)=O)cc1. The van der Waals surface area contributed by atoms with Gasteiger partial charge in [-0.3, -0.25) is 4.90 Å². The fraction of sp³-hybridized carbons (Fsp3) is 0.600. The van der Waals surface area contributed by atoms with Gasteiger partial charge in [-0.2, -0.15) is 0 Å². The number of aliphatic hydroxyl groups excluding tert-OH is 1. The Morgan fingerprint density at radius 3 is 2.35 bits per heavy atom. The van der Waals surface area contributed by atoms with Crippen LogP contribution in [0, 0.1) is 0 Å². The third kappa shape index (κ3) is 3.40. The number of hydrogen-bond acceptors (Lipinski definition) is 4. The summed E-state index contributed by atoms with van der Waals surface area (Å²) in [6, 6.07) is 6.51. The second-order valence-electron chi connectivity index (χ2n) is 6.22. The standard InChI is InChI=1S/C15H23NO3S/c1-15(2)9-4-10-16(15)11-14(17)12-5-7-13(8-6-12)20(3,18)19/h5-8,14,17H,4,9-11H2,1-3H3. The first-order valence-corrected chi connectivity index (χ1v) is 8.82. The lowest BCUT2D eigenvalue weighted by Crippen LogP contribution is -2.40. The Kier molecular flexibility index (Phi) is 4.23. The summed E-state index contributed by atoms with van der Waals surface area (Å²) in [7, 11) is -3.18. The molecule has 1 N–H and O–H groups in total. The summed E-state index contributed by atoms with van der Waals surface area (Å²) in [5, 5.41) is 10.3. The van der Waals surface area contributed by atoms with Crippen LogP contribution in [0.5, 0.6) is 0 Å². The fourth-order valence-corrected chi connectivity index (χ4v) is 3.38. The molecule has 1 saturated heterocycles. The molecule has 1 heterocycles. The van der Waals surface area contributed by atoms with Crippen LogP contribution in [0.2, 0.25) is 0 Å². The number of rotatable bonds is 4. The summed E-state index contributed by atoms with van der Waals surface area (Å²) < 4.78 is 22.8. The molecule has 1 aromatic carbocycles. The Bertz CT molecular complexity index is 563. The Labute approximate surface area is 121 Å². The molecule has 0 saturated carbocycles. The molecule has 112 valence electrons. The maximum atomic E-state index is 11.4. The topological polar surface area (TPSA) is 57.6 Å². The number of likely N-dealkylation sites (tertiary alicyclic amines) is 1. The second-order valence-corrected chi connectivity index (χ2v) is 8.23. The van der Waals surface area contributed by atoms with E-state index in [4.69, 9.17) is 0 Å². The van der Waals surface area contributed by atoms with Crippen molar-refractivity contribution in [3.63, 3.8) is 0 Å². The Morgan fingerprint density at radius 1 is 1.30 bits per heavy atom. The van der Waals surface area contributed by atoms with Crippen LogP contribution in [0.1, 0.15) is 38.4 Å². The maximum Gasteiger partial charge on any atom is 0.175 e. The van der Waals surface area contributed by atoms with Crippen molar-refractivity contribution in [1.82, 2.24) is 4.90 Å². The normalized spacial score (nSPS) is 21.0. The van der Waals surface area contributed by atoms with E-state index in [1.807, 2.05) is 0 Å². The smallest absolute Gasteiger partial charge is 0.175 e. The molecule has 0 aliphatic carbocycles. The molecule has 1 atom stereocenters. The first-order chi connectivity index (χ1) is 9.20. The van der Waals surface area contributed by atoms with Crippen molar-refractivity contribution in [3.8, 4) is 0 Å². The Morgan fingerprint density at radius 2 is 1.90 bits per heavy atom. The number of benzene rings is 1. The summed E-state index contributed by atoms with van der Waals surface area (Å²) >= 11 is 0. The number of nitrogens with zero attached hydrogens (tertiary/aromatic N) is 1. The van der Waals surface area contributed by atoms with E-state index < -0.39 is 15.9 Å². The average molecular weight is 297 g/mol. The quantitative estimate of drug-likeness (QED) is 0.923. The molecule has 1 unspecified atom stereocenters. The zero-order chi connectivity index (χ0) is 15.0. The minimum absolute atomic E-state index is 0.133. The molecule has 0 aromatic heterocycles. The largest absolute Gasteiger partial charge is 0.387 e. The predicted octanol–water partition coefficient (Wildman–Crippen LogP) is 2.00. The number of sulfone groups is 1. The van der Waals surface area contributed by atoms with Crippen LogP contribution >= 0.6 is 0 Å². The van der Waals surface area contributed by atoms with Gasteiger partial charge in [0.15, 0.2) is 9.84 Å². The van der Waals surface area contributed by atoms with Crippen LogP contribution in [-0.4, -0.2) is 43.3 Å². The van der Waals surface area contributed by atoms with Gasteiger partial charge < -0.3 is 5.11 Å². The first-order valence-electron chi connectivity index (χ1n) is 6.93. The van der Waals surface area contributed by atoms with Crippen molar-refractivity contribution in [2.75, 3.05) is 19.3 Å². The average Bonchev–Trinajstić information content (AvgIpc) is 2.68. The molecule has 0 spiro atoms. The number of hydrogen-bond donors (Lipinski definition) is 1. The van der Waals surface area contributed by atoms with E-state index >= 15 is 0 Å². The van der Waals surface area contributed by atoms with Gasteiger partial charge in [-0.1, -0.05) is 12.1 Å². The van der Waals surface area contributed by atoms with Gasteiger partial charge in [0.25, 0.3) is 0 Å². The molecule has 20 heavy (non-hydrogen) atoms. The number of aliphatic hydroxyl groups is 1. The summed E-state index contributed by atoms with van der Waals surface area (Å²) in [6.45, 7) is 5.98. The van der Waals surface area contributed by atoms with Crippen LogP contribution in [0.15, 0.2) is 29.2 Å². The van der Waals surface area contributed by atoms with Gasteiger partial charge >= 0.3 is 0 Å². The van der Waals surface area contributed by atoms with Crippen molar-refractivity contribution < 1.29 is 13.5 Å². The van der Waals surface area contributed by atoms with Gasteiger partial charge in [-0.15, -0.1) is 0 Å². The molecule has 4 nitrogen and oxygen atoms in total. The highest BCUT2D eigenvalue weighted by atomic mass is 32.2. The molecular formula is C15H23NO3S. The highest BCUT2D eigenvalue weighted by Crippen LogP contribution is 2.30. The summed E-state index contributed by atoms with van der Waals surface area (Å²) in [5.41, 5.74) is 0.897. The first kappa shape index (κ1) is 15.5. The lowest BCUT2D eigenvalue weighted by molar-refractivity contribution is 0.0778. The van der Waals surface area contributed by atoms with Gasteiger partial charge in [0.2, 0.25) is 0 Å². The van der Waals surface area contributed by atoms with Crippen LogP contribution < -0.4 is 0 Å². The van der Waals surface area contributed by atoms with E-state index in [1.165, 1.54) is 6.26 Å². The second kappa shape index (κ2) is 5.47. The third-order valence-electron chi connectivity index (χ3n) is 4.16. The zero-order valence-corrected chi connectivity index (χ0v) is 13.2. The summed E-state index contributed by atoms with van der Waals surface area (Å²) in [5.74, 6) is 0. The van der Waals surface area contributed by atoms with Crippen molar-refractivity contribution in [2.24, 2.45) is 0 Å². The predicted molar refractivity (Wildman–Crippen MR) is 79.4 cm³/mol. The molecule has 0 radical (unpaired) electrons. The lowest BCUT2D eigenvalue weighted by atomic mass is 10.0. The molecular weight excluding hydrogens is 274 g/mol. The molecule has 1 fully saturated rings. The van der Waals surface area contributed by atoms with E-state index in [0.717, 1.165) is 24.9 Å². The van der Waals surface area contributed by atoms with Crippen LogP contribution in [0.4, 0.5) is 0 Å². The van der Waals surface area contributed by atoms with Crippen molar-refractivity contribution in [2.45, 2.75) is 43.2 Å². The Balaban J connectivity index is 2.08. The third-order valence-corrected chi connectivity index (χ3v) is 5.29. The highest BCUT2D eigenvalue weighted by molar-refractivity contribution is 7.90. The molecule has 1 aromatic rings. The van der Waals surface area contributed by atoms with E-state index in [1.54, 1.807) is 24.3 Å². The Hall–Kier alpha value is -0.910. The number of β-amino-alcohol motifs (C(OH)–C–C–N with tert-alkyl or cyclic N) is 1. The minimum atomic E-state index is -3.18. The van der Waals surface area contributed by atoms with Gasteiger partial charge in [0.1, 0.15) is 0 Å². The van der Waals surface area contributed by atoms with E-state index in [9.17, 15) is 13.5 Å². The molecule has 2 rings (SSSR count). The van der Waals surface area contributed by atoms with Crippen molar-refractivity contribution in [3.05, 3.63) is 29.8 Å². The van der Waals surface area contributed by atoms with E-state index in [0.29, 0.717) is 6.54 Å². The fourth-order valence-electron chi connectivity index (χ4n) is 2.75. The maximum absolute atomic E-state index is 11.4. The van der Waals surface area contributed by atoms with Gasteiger partial charge in [-0.25, -0.2) is 8.42 Å². The van der Waals surface area contributed by atoms with Crippen LogP contribution in [0.3, 0.4) is 0 Å². The lowest BCUT2D eigenvalue weighted by Gasteiger charge is -2.33. The van der Waals surface area contributed by atoms with Crippen molar-refractivity contribution in [1.29, 1.82) is 0 Å². The monoisotopic (exact) mass is 297 g/mol.